The van der Waals surface area contributed by atoms with Crippen molar-refractivity contribution in [2.75, 3.05) is 38.1 Å². The summed E-state index contributed by atoms with van der Waals surface area (Å²) < 4.78 is 0. The highest BCUT2D eigenvalue weighted by Crippen LogP contribution is 2.31. The Morgan fingerprint density at radius 3 is 2.72 bits per heavy atom. The minimum Gasteiger partial charge on any atom is -0.370 e. The van der Waals surface area contributed by atoms with E-state index in [1.165, 1.54) is 0 Å². The van der Waals surface area contributed by atoms with Gasteiger partial charge in [-0.1, -0.05) is 0 Å². The zero-order chi connectivity index (χ0) is 22.1. The van der Waals surface area contributed by atoms with Gasteiger partial charge in [-0.3, -0.25) is 19.5 Å². The topological polar surface area (TPSA) is 94.2 Å². The predicted molar refractivity (Wildman–Crippen MR) is 124 cm³/mol. The van der Waals surface area contributed by atoms with E-state index in [2.05, 4.69) is 36.1 Å². The lowest BCUT2D eigenvalue weighted by Crippen LogP contribution is -2.44. The van der Waals surface area contributed by atoms with Gasteiger partial charge in [-0.15, -0.1) is 0 Å². The Hall–Kier alpha value is -3.26. The third-order valence-electron chi connectivity index (χ3n) is 6.88. The number of carbonyl (C=O) groups is 1. The van der Waals surface area contributed by atoms with Crippen molar-refractivity contribution in [2.45, 2.75) is 31.2 Å². The first-order chi connectivity index (χ1) is 15.6. The minimum absolute atomic E-state index is 0.0253. The van der Waals surface area contributed by atoms with Crippen LogP contribution in [0.5, 0.6) is 0 Å². The molecule has 3 aromatic heterocycles. The smallest absolute Gasteiger partial charge is 0.269 e. The molecule has 0 saturated carbocycles. The number of likely N-dealkylation sites (tertiary alicyclic amines) is 1. The standard InChI is InChI=1S/C24H28N6O2/c1-25-24(32)21-3-2-19(14-27-21)29-10-6-18(7-11-29)30-9-5-16(15-30)22-12-17-13-26-8-4-20(17)23(31)28-22/h2-4,8,12-14,16,18H,5-7,9-11,15H2,1H3,(H,25,32)(H,28,31). The highest BCUT2D eigenvalue weighted by Gasteiger charge is 2.32. The number of aromatic nitrogens is 3. The fourth-order valence-corrected chi connectivity index (χ4v) is 5.05. The molecule has 32 heavy (non-hydrogen) atoms. The molecule has 2 fully saturated rings. The van der Waals surface area contributed by atoms with Crippen LogP contribution < -0.4 is 15.8 Å². The molecule has 1 amide bonds. The van der Waals surface area contributed by atoms with Gasteiger partial charge in [-0.25, -0.2) is 4.98 Å². The van der Waals surface area contributed by atoms with Crippen molar-refractivity contribution in [2.24, 2.45) is 0 Å². The van der Waals surface area contributed by atoms with E-state index in [1.807, 2.05) is 6.07 Å². The van der Waals surface area contributed by atoms with Gasteiger partial charge in [0.1, 0.15) is 5.69 Å². The molecule has 3 aromatic rings. The Bertz CT molecular complexity index is 1170. The molecule has 0 aromatic carbocycles. The van der Waals surface area contributed by atoms with Crippen molar-refractivity contribution >= 4 is 22.4 Å². The van der Waals surface area contributed by atoms with E-state index >= 15 is 0 Å². The van der Waals surface area contributed by atoms with Crippen LogP contribution in [0.15, 0.2) is 47.7 Å². The van der Waals surface area contributed by atoms with Gasteiger partial charge >= 0.3 is 0 Å². The van der Waals surface area contributed by atoms with Crippen molar-refractivity contribution < 1.29 is 4.79 Å². The van der Waals surface area contributed by atoms with Crippen LogP contribution in [0.1, 0.15) is 41.4 Å². The number of hydrogen-bond acceptors (Lipinski definition) is 6. The monoisotopic (exact) mass is 432 g/mol. The van der Waals surface area contributed by atoms with E-state index in [-0.39, 0.29) is 11.5 Å². The molecule has 0 spiro atoms. The molecule has 2 aliphatic heterocycles. The number of nitrogens with zero attached hydrogens (tertiary/aromatic N) is 4. The van der Waals surface area contributed by atoms with E-state index in [0.29, 0.717) is 23.0 Å². The maximum atomic E-state index is 12.5. The summed E-state index contributed by atoms with van der Waals surface area (Å²) in [7, 11) is 1.61. The van der Waals surface area contributed by atoms with Gasteiger partial charge in [0.05, 0.1) is 17.3 Å². The normalized spacial score (nSPS) is 20.0. The first-order valence-corrected chi connectivity index (χ1v) is 11.3. The number of nitrogens with one attached hydrogen (secondary N) is 2. The number of carbonyl (C=O) groups excluding carboxylic acids is 1. The average molecular weight is 433 g/mol. The fraction of sp³-hybridized carbons (Fsp3) is 0.417. The average Bonchev–Trinajstić information content (AvgIpc) is 3.34. The number of rotatable bonds is 4. The van der Waals surface area contributed by atoms with Crippen LogP contribution >= 0.6 is 0 Å². The van der Waals surface area contributed by atoms with E-state index < -0.39 is 0 Å². The van der Waals surface area contributed by atoms with Crippen LogP contribution in [0.25, 0.3) is 10.8 Å². The molecule has 8 nitrogen and oxygen atoms in total. The van der Waals surface area contributed by atoms with Crippen LogP contribution in [0.4, 0.5) is 5.69 Å². The van der Waals surface area contributed by atoms with Crippen LogP contribution in [0, 0.1) is 0 Å². The second-order valence-electron chi connectivity index (χ2n) is 8.70. The summed E-state index contributed by atoms with van der Waals surface area (Å²) in [5.41, 5.74) is 2.51. The van der Waals surface area contributed by atoms with E-state index in [4.69, 9.17) is 0 Å². The quantitative estimate of drug-likeness (QED) is 0.656. The largest absolute Gasteiger partial charge is 0.370 e. The Morgan fingerprint density at radius 2 is 1.97 bits per heavy atom. The lowest BCUT2D eigenvalue weighted by atomic mass is 10.0. The molecule has 1 unspecified atom stereocenters. The summed E-state index contributed by atoms with van der Waals surface area (Å²) in [4.78, 5) is 40.6. The summed E-state index contributed by atoms with van der Waals surface area (Å²) in [6.45, 7) is 4.00. The second kappa shape index (κ2) is 8.70. The minimum atomic E-state index is -0.164. The van der Waals surface area contributed by atoms with E-state index in [9.17, 15) is 9.59 Å². The van der Waals surface area contributed by atoms with Crippen molar-refractivity contribution in [1.82, 2.24) is 25.2 Å². The number of pyridine rings is 3. The van der Waals surface area contributed by atoms with Gasteiger partial charge in [-0.05, 0) is 50.1 Å². The third-order valence-corrected chi connectivity index (χ3v) is 6.88. The van der Waals surface area contributed by atoms with Gasteiger partial charge < -0.3 is 15.2 Å². The number of piperidine rings is 1. The molecular formula is C24H28N6O2. The van der Waals surface area contributed by atoms with Crippen LogP contribution in [-0.4, -0.2) is 65.0 Å². The number of anilines is 1. The van der Waals surface area contributed by atoms with Crippen molar-refractivity contribution in [3.63, 3.8) is 0 Å². The Balaban J connectivity index is 1.20. The zero-order valence-electron chi connectivity index (χ0n) is 18.3. The molecular weight excluding hydrogens is 404 g/mol. The predicted octanol–water partition coefficient (Wildman–Crippen LogP) is 2.14. The molecule has 2 N–H and O–H groups in total. The maximum absolute atomic E-state index is 12.5. The molecule has 8 heteroatoms. The van der Waals surface area contributed by atoms with E-state index in [0.717, 1.165) is 62.2 Å². The van der Waals surface area contributed by atoms with Gasteiger partial charge in [0.2, 0.25) is 0 Å². The molecule has 2 aliphatic rings. The summed E-state index contributed by atoms with van der Waals surface area (Å²) >= 11 is 0. The lowest BCUT2D eigenvalue weighted by Gasteiger charge is -2.37. The maximum Gasteiger partial charge on any atom is 0.269 e. The number of amides is 1. The van der Waals surface area contributed by atoms with Crippen molar-refractivity contribution in [3.8, 4) is 0 Å². The Kier molecular flexibility index (Phi) is 5.61. The second-order valence-corrected chi connectivity index (χ2v) is 8.70. The summed E-state index contributed by atoms with van der Waals surface area (Å²) in [5, 5.41) is 4.21. The molecule has 5 rings (SSSR count). The zero-order valence-corrected chi connectivity index (χ0v) is 18.3. The number of hydrogen-bond donors (Lipinski definition) is 2. The highest BCUT2D eigenvalue weighted by molar-refractivity contribution is 5.92. The van der Waals surface area contributed by atoms with Crippen molar-refractivity contribution in [3.05, 3.63) is 64.6 Å². The fourth-order valence-electron chi connectivity index (χ4n) is 5.05. The number of fused-ring (bicyclic) bond motifs is 1. The summed E-state index contributed by atoms with van der Waals surface area (Å²) in [6.07, 6.45) is 8.48. The first-order valence-electron chi connectivity index (χ1n) is 11.3. The lowest BCUT2D eigenvalue weighted by molar-refractivity contribution is 0.0958. The number of H-pyrrole nitrogens is 1. The molecule has 166 valence electrons. The van der Waals surface area contributed by atoms with Crippen LogP contribution in [0.3, 0.4) is 0 Å². The Morgan fingerprint density at radius 1 is 1.12 bits per heavy atom. The molecule has 0 radical (unpaired) electrons. The molecule has 0 bridgehead atoms. The van der Waals surface area contributed by atoms with Gasteiger partial charge in [-0.2, -0.15) is 0 Å². The molecule has 1 atom stereocenters. The van der Waals surface area contributed by atoms with Gasteiger partial charge in [0.15, 0.2) is 0 Å². The number of aromatic amines is 1. The molecule has 2 saturated heterocycles. The van der Waals surface area contributed by atoms with Gasteiger partial charge in [0.25, 0.3) is 11.5 Å². The third kappa shape index (κ3) is 3.98. The van der Waals surface area contributed by atoms with Crippen LogP contribution in [0.2, 0.25) is 0 Å². The Labute approximate surface area is 186 Å². The summed E-state index contributed by atoms with van der Waals surface area (Å²) in [6, 6.07) is 8.19. The summed E-state index contributed by atoms with van der Waals surface area (Å²) in [5.74, 6) is 0.189. The molecule has 0 aliphatic carbocycles. The highest BCUT2D eigenvalue weighted by atomic mass is 16.1. The molecule has 5 heterocycles. The first kappa shape index (κ1) is 20.6. The SMILES string of the molecule is CNC(=O)c1ccc(N2CCC(N3CCC(c4cc5cnccc5c(=O)[nH]4)C3)CC2)cn1. The van der Waals surface area contributed by atoms with Gasteiger partial charge in [0, 0.05) is 62.1 Å². The van der Waals surface area contributed by atoms with E-state index in [1.54, 1.807) is 37.8 Å². The van der Waals surface area contributed by atoms with Crippen molar-refractivity contribution in [1.29, 1.82) is 0 Å². The van der Waals surface area contributed by atoms with Crippen LogP contribution in [-0.2, 0) is 0 Å².